The Kier molecular flexibility index (Phi) is 5.53. The van der Waals surface area contributed by atoms with Crippen molar-refractivity contribution in [2.75, 3.05) is 0 Å². The lowest BCUT2D eigenvalue weighted by Crippen LogP contribution is -1.88. The third-order valence-corrected chi connectivity index (χ3v) is 3.62. The van der Waals surface area contributed by atoms with Gasteiger partial charge in [0.05, 0.1) is 16.6 Å². The second-order valence-corrected chi connectivity index (χ2v) is 5.36. The fourth-order valence-electron chi connectivity index (χ4n) is 1.82. The van der Waals surface area contributed by atoms with Crippen molar-refractivity contribution >= 4 is 39.5 Å². The van der Waals surface area contributed by atoms with Crippen molar-refractivity contribution in [1.82, 2.24) is 0 Å². The predicted octanol–water partition coefficient (Wildman–Crippen LogP) is 5.44. The number of nitrogens with zero attached hydrogens (tertiary/aromatic N) is 2. The van der Waals surface area contributed by atoms with Gasteiger partial charge in [-0.2, -0.15) is 5.26 Å². The van der Waals surface area contributed by atoms with Gasteiger partial charge in [-0.3, -0.25) is 10.1 Å². The lowest BCUT2D eigenvalue weighted by atomic mass is 10.1. The van der Waals surface area contributed by atoms with Gasteiger partial charge in [0.15, 0.2) is 0 Å². The number of nitriles is 1. The molecule has 0 aliphatic carbocycles. The van der Waals surface area contributed by atoms with Crippen LogP contribution >= 0.6 is 23.2 Å². The minimum Gasteiger partial charge on any atom is -0.258 e. The van der Waals surface area contributed by atoms with Gasteiger partial charge in [-0.1, -0.05) is 35.3 Å². The Morgan fingerprint density at radius 3 is 2.13 bits per heavy atom. The highest BCUT2D eigenvalue weighted by atomic mass is 35.5. The maximum absolute atomic E-state index is 10.6. The minimum absolute atomic E-state index is 0.0271. The summed E-state index contributed by atoms with van der Waals surface area (Å²) in [5, 5.41) is 20.9. The molecule has 0 aromatic heterocycles. The van der Waals surface area contributed by atoms with E-state index in [0.717, 1.165) is 5.56 Å². The van der Waals surface area contributed by atoms with E-state index in [0.29, 0.717) is 21.2 Å². The summed E-state index contributed by atoms with van der Waals surface area (Å²) in [5.74, 6) is 0. The van der Waals surface area contributed by atoms with Crippen molar-refractivity contribution in [3.8, 4) is 6.07 Å². The lowest BCUT2D eigenvalue weighted by Gasteiger charge is -2.00. The molecular weight excluding hydrogens is 335 g/mol. The fraction of sp³-hybridized carbons (Fsp3) is 0. The molecule has 0 radical (unpaired) electrons. The van der Waals surface area contributed by atoms with Crippen LogP contribution in [0, 0.1) is 21.4 Å². The molecule has 23 heavy (non-hydrogen) atoms. The van der Waals surface area contributed by atoms with Crippen molar-refractivity contribution in [2.45, 2.75) is 0 Å². The third kappa shape index (κ3) is 4.43. The molecule has 0 N–H and O–H groups in total. The molecule has 0 bridgehead atoms. The van der Waals surface area contributed by atoms with E-state index in [9.17, 15) is 15.4 Å². The highest BCUT2D eigenvalue weighted by Gasteiger charge is 2.06. The number of hydrogen-bond acceptors (Lipinski definition) is 3. The Balaban J connectivity index is 2.27. The molecule has 4 nitrogen and oxygen atoms in total. The molecule has 2 aromatic rings. The zero-order valence-electron chi connectivity index (χ0n) is 11.7. The quantitative estimate of drug-likeness (QED) is 0.321. The van der Waals surface area contributed by atoms with Crippen LogP contribution in [0.4, 0.5) is 5.69 Å². The molecule has 0 saturated carbocycles. The number of nitro benzene ring substituents is 1. The first-order chi connectivity index (χ1) is 11.0. The highest BCUT2D eigenvalue weighted by Crippen LogP contribution is 2.23. The highest BCUT2D eigenvalue weighted by molar-refractivity contribution is 6.49. The molecule has 0 fully saturated rings. The number of benzene rings is 2. The van der Waals surface area contributed by atoms with Crippen molar-refractivity contribution in [3.63, 3.8) is 0 Å². The number of non-ortho nitro benzene ring substituents is 1. The van der Waals surface area contributed by atoms with Crippen LogP contribution in [0.1, 0.15) is 11.1 Å². The lowest BCUT2D eigenvalue weighted by molar-refractivity contribution is -0.384. The fourth-order valence-corrected chi connectivity index (χ4v) is 2.14. The van der Waals surface area contributed by atoms with E-state index in [4.69, 9.17) is 23.2 Å². The Morgan fingerprint density at radius 2 is 1.61 bits per heavy atom. The van der Waals surface area contributed by atoms with Crippen LogP contribution in [0.25, 0.3) is 10.6 Å². The Morgan fingerprint density at radius 1 is 1.04 bits per heavy atom. The summed E-state index contributed by atoms with van der Waals surface area (Å²) < 4.78 is 0. The zero-order chi connectivity index (χ0) is 16.8. The summed E-state index contributed by atoms with van der Waals surface area (Å²) in [6.45, 7) is 0. The minimum atomic E-state index is -0.489. The molecule has 0 aliphatic heterocycles. The summed E-state index contributed by atoms with van der Waals surface area (Å²) in [6, 6.07) is 14.8. The van der Waals surface area contributed by atoms with Crippen LogP contribution in [0.3, 0.4) is 0 Å². The van der Waals surface area contributed by atoms with E-state index < -0.39 is 4.92 Å². The smallest absolute Gasteiger partial charge is 0.258 e. The first-order valence-electron chi connectivity index (χ1n) is 6.49. The number of rotatable bonds is 4. The molecule has 0 amide bonds. The molecule has 0 unspecified atom stereocenters. The molecule has 0 saturated heterocycles. The Hall–Kier alpha value is -2.61. The van der Waals surface area contributed by atoms with E-state index >= 15 is 0 Å². The molecule has 2 aromatic carbocycles. The first-order valence-corrected chi connectivity index (χ1v) is 7.25. The summed E-state index contributed by atoms with van der Waals surface area (Å²) in [4.78, 5) is 10.1. The molecule has 0 aliphatic rings. The number of nitro groups is 1. The average Bonchev–Trinajstić information content (AvgIpc) is 2.56. The summed E-state index contributed by atoms with van der Waals surface area (Å²) in [7, 11) is 0. The normalized spacial score (nSPS) is 11.9. The van der Waals surface area contributed by atoms with Gasteiger partial charge < -0.3 is 0 Å². The van der Waals surface area contributed by atoms with Gasteiger partial charge in [-0.05, 0) is 47.5 Å². The SMILES string of the molecule is N#CC(=CC=C(Cl)c1ccc(Cl)cc1)c1ccc([N+](=O)[O-])cc1. The second kappa shape index (κ2) is 7.59. The maximum Gasteiger partial charge on any atom is 0.269 e. The van der Waals surface area contributed by atoms with Crippen molar-refractivity contribution in [2.24, 2.45) is 0 Å². The molecule has 2 rings (SSSR count). The molecule has 6 heteroatoms. The number of allylic oxidation sites excluding steroid dienone is 3. The third-order valence-electron chi connectivity index (χ3n) is 3.03. The molecule has 114 valence electrons. The van der Waals surface area contributed by atoms with Gasteiger partial charge in [0.2, 0.25) is 0 Å². The van der Waals surface area contributed by atoms with Crippen molar-refractivity contribution in [1.29, 1.82) is 5.26 Å². The van der Waals surface area contributed by atoms with Gasteiger partial charge >= 0.3 is 0 Å². The van der Waals surface area contributed by atoms with Gasteiger partial charge in [-0.25, -0.2) is 0 Å². The maximum atomic E-state index is 10.6. The van der Waals surface area contributed by atoms with Crippen molar-refractivity contribution < 1.29 is 4.92 Å². The second-order valence-electron chi connectivity index (χ2n) is 4.52. The summed E-state index contributed by atoms with van der Waals surface area (Å²) in [6.07, 6.45) is 3.17. The average molecular weight is 345 g/mol. The van der Waals surface area contributed by atoms with Gasteiger partial charge in [0.25, 0.3) is 5.69 Å². The monoisotopic (exact) mass is 344 g/mol. The van der Waals surface area contributed by atoms with Gasteiger partial charge in [0.1, 0.15) is 0 Å². The zero-order valence-corrected chi connectivity index (χ0v) is 13.3. The van der Waals surface area contributed by atoms with E-state index in [1.165, 1.54) is 24.3 Å². The van der Waals surface area contributed by atoms with E-state index in [1.54, 1.807) is 36.4 Å². The van der Waals surface area contributed by atoms with Crippen LogP contribution < -0.4 is 0 Å². The van der Waals surface area contributed by atoms with Crippen LogP contribution in [0.15, 0.2) is 60.7 Å². The predicted molar refractivity (Wildman–Crippen MR) is 92.0 cm³/mol. The Bertz CT molecular complexity index is 817. The molecule has 0 spiro atoms. The topological polar surface area (TPSA) is 66.9 Å². The number of halogens is 2. The molecule has 0 heterocycles. The van der Waals surface area contributed by atoms with E-state index in [2.05, 4.69) is 0 Å². The van der Waals surface area contributed by atoms with Crippen molar-refractivity contribution in [3.05, 3.63) is 86.9 Å². The standard InChI is InChI=1S/C17H10Cl2N2O2/c18-15-6-1-13(2-7-15)17(19)10-5-14(11-20)12-3-8-16(9-4-12)21(22)23/h1-10H. The van der Waals surface area contributed by atoms with Crippen LogP contribution in [0.2, 0.25) is 5.02 Å². The Labute approximate surface area is 143 Å². The largest absolute Gasteiger partial charge is 0.269 e. The van der Waals surface area contributed by atoms with Gasteiger partial charge in [0, 0.05) is 22.2 Å². The van der Waals surface area contributed by atoms with Crippen LogP contribution in [0.5, 0.6) is 0 Å². The van der Waals surface area contributed by atoms with E-state index in [-0.39, 0.29) is 5.69 Å². The van der Waals surface area contributed by atoms with Crippen LogP contribution in [-0.2, 0) is 0 Å². The number of hydrogen-bond donors (Lipinski definition) is 0. The van der Waals surface area contributed by atoms with E-state index in [1.807, 2.05) is 6.07 Å². The summed E-state index contributed by atoms with van der Waals surface area (Å²) >= 11 is 12.0. The summed E-state index contributed by atoms with van der Waals surface area (Å²) in [5.41, 5.74) is 1.68. The first kappa shape index (κ1) is 16.8. The van der Waals surface area contributed by atoms with Gasteiger partial charge in [-0.15, -0.1) is 0 Å². The molecular formula is C17H10Cl2N2O2. The van der Waals surface area contributed by atoms with Crippen LogP contribution in [-0.4, -0.2) is 4.92 Å². The molecule has 0 atom stereocenters.